The third-order valence-corrected chi connectivity index (χ3v) is 4.73. The molecule has 0 radical (unpaired) electrons. The summed E-state index contributed by atoms with van der Waals surface area (Å²) in [5.74, 6) is 0.130. The minimum atomic E-state index is -0.299. The number of rotatable bonds is 3. The zero-order valence-electron chi connectivity index (χ0n) is 13.5. The minimum Gasteiger partial charge on any atom is -0.379 e. The standard InChI is InChI=1S/C17H21N5O2/c23-17(22-5-3-14-15(11-22)20-12-19-14)16(13-2-1-4-18-10-13)21-6-8-24-9-7-21/h1-2,4,10,12,16H,3,5-9,11H2,(H,19,20)/t16-/m0/s1. The lowest BCUT2D eigenvalue weighted by Gasteiger charge is -2.37. The van der Waals surface area contributed by atoms with E-state index in [4.69, 9.17) is 4.74 Å². The number of H-pyrrole nitrogens is 1. The zero-order chi connectivity index (χ0) is 16.4. The summed E-state index contributed by atoms with van der Waals surface area (Å²) < 4.78 is 5.45. The Bertz CT molecular complexity index is 696. The number of amides is 1. The number of fused-ring (bicyclic) bond motifs is 1. The van der Waals surface area contributed by atoms with Crippen LogP contribution in [0.5, 0.6) is 0 Å². The fourth-order valence-corrected chi connectivity index (χ4v) is 3.46. The van der Waals surface area contributed by atoms with Crippen LogP contribution in [0.4, 0.5) is 0 Å². The number of nitrogens with zero attached hydrogens (tertiary/aromatic N) is 4. The van der Waals surface area contributed by atoms with Crippen LogP contribution in [0.25, 0.3) is 0 Å². The van der Waals surface area contributed by atoms with Crippen LogP contribution in [0, 0.1) is 0 Å². The molecule has 0 bridgehead atoms. The molecule has 1 N–H and O–H groups in total. The second kappa shape index (κ2) is 6.70. The van der Waals surface area contributed by atoms with E-state index in [1.54, 1.807) is 18.7 Å². The predicted molar refractivity (Wildman–Crippen MR) is 87.1 cm³/mol. The Balaban J connectivity index is 1.59. The first kappa shape index (κ1) is 15.3. The highest BCUT2D eigenvalue weighted by Crippen LogP contribution is 2.26. The fraction of sp³-hybridized carbons (Fsp3) is 0.471. The van der Waals surface area contributed by atoms with Crippen molar-refractivity contribution in [3.05, 3.63) is 47.8 Å². The molecular weight excluding hydrogens is 306 g/mol. The molecule has 4 rings (SSSR count). The van der Waals surface area contributed by atoms with Crippen LogP contribution >= 0.6 is 0 Å². The summed E-state index contributed by atoms with van der Waals surface area (Å²) in [6, 6.07) is 3.57. The molecule has 126 valence electrons. The molecule has 2 aliphatic heterocycles. The van der Waals surface area contributed by atoms with Crippen molar-refractivity contribution < 1.29 is 9.53 Å². The lowest BCUT2D eigenvalue weighted by Crippen LogP contribution is -2.48. The van der Waals surface area contributed by atoms with Gasteiger partial charge in [-0.25, -0.2) is 4.98 Å². The van der Waals surface area contributed by atoms with Gasteiger partial charge in [0.1, 0.15) is 6.04 Å². The summed E-state index contributed by atoms with van der Waals surface area (Å²) in [6.45, 7) is 4.14. The first-order valence-corrected chi connectivity index (χ1v) is 8.34. The SMILES string of the molecule is O=C([C@H](c1cccnc1)N1CCOCC1)N1CCc2nc[nH]c2C1. The van der Waals surface area contributed by atoms with Gasteiger partial charge in [0.2, 0.25) is 5.91 Å². The van der Waals surface area contributed by atoms with Gasteiger partial charge in [0.15, 0.2) is 0 Å². The predicted octanol–water partition coefficient (Wildman–Crippen LogP) is 0.763. The first-order chi connectivity index (χ1) is 11.8. The maximum absolute atomic E-state index is 13.3. The van der Waals surface area contributed by atoms with Crippen molar-refractivity contribution in [3.63, 3.8) is 0 Å². The second-order valence-electron chi connectivity index (χ2n) is 6.17. The lowest BCUT2D eigenvalue weighted by molar-refractivity contribution is -0.140. The molecule has 2 aromatic rings. The van der Waals surface area contributed by atoms with Gasteiger partial charge >= 0.3 is 0 Å². The van der Waals surface area contributed by atoms with E-state index in [0.717, 1.165) is 36.5 Å². The average molecular weight is 327 g/mol. The molecule has 7 heteroatoms. The third kappa shape index (κ3) is 2.92. The van der Waals surface area contributed by atoms with E-state index in [2.05, 4.69) is 19.9 Å². The van der Waals surface area contributed by atoms with Gasteiger partial charge in [-0.05, 0) is 11.6 Å². The van der Waals surface area contributed by atoms with E-state index < -0.39 is 0 Å². The number of morpholine rings is 1. The summed E-state index contributed by atoms with van der Waals surface area (Å²) >= 11 is 0. The quantitative estimate of drug-likeness (QED) is 0.901. The summed E-state index contributed by atoms with van der Waals surface area (Å²) in [5.41, 5.74) is 3.06. The monoisotopic (exact) mass is 327 g/mol. The van der Waals surface area contributed by atoms with E-state index in [9.17, 15) is 4.79 Å². The van der Waals surface area contributed by atoms with Crippen LogP contribution in [0.15, 0.2) is 30.9 Å². The van der Waals surface area contributed by atoms with E-state index in [1.807, 2.05) is 17.0 Å². The van der Waals surface area contributed by atoms with Gasteiger partial charge < -0.3 is 14.6 Å². The highest BCUT2D eigenvalue weighted by atomic mass is 16.5. The maximum Gasteiger partial charge on any atom is 0.244 e. The number of carbonyl (C=O) groups excluding carboxylic acids is 1. The molecule has 0 unspecified atom stereocenters. The fourth-order valence-electron chi connectivity index (χ4n) is 3.46. The summed E-state index contributed by atoms with van der Waals surface area (Å²) in [7, 11) is 0. The summed E-state index contributed by atoms with van der Waals surface area (Å²) in [5, 5.41) is 0. The number of nitrogens with one attached hydrogen (secondary N) is 1. The highest BCUT2D eigenvalue weighted by Gasteiger charge is 2.34. The first-order valence-electron chi connectivity index (χ1n) is 8.34. The topological polar surface area (TPSA) is 74.4 Å². The van der Waals surface area contributed by atoms with Crippen molar-refractivity contribution >= 4 is 5.91 Å². The Kier molecular flexibility index (Phi) is 4.27. The summed E-state index contributed by atoms with van der Waals surface area (Å²) in [4.78, 5) is 29.1. The number of hydrogen-bond donors (Lipinski definition) is 1. The number of aromatic nitrogens is 3. The molecule has 1 fully saturated rings. The molecule has 24 heavy (non-hydrogen) atoms. The van der Waals surface area contributed by atoms with Crippen molar-refractivity contribution in [2.45, 2.75) is 19.0 Å². The van der Waals surface area contributed by atoms with E-state index in [-0.39, 0.29) is 11.9 Å². The van der Waals surface area contributed by atoms with Crippen molar-refractivity contribution in [1.29, 1.82) is 0 Å². The molecule has 2 aliphatic rings. The van der Waals surface area contributed by atoms with Gasteiger partial charge in [-0.2, -0.15) is 0 Å². The van der Waals surface area contributed by atoms with Crippen LogP contribution < -0.4 is 0 Å². The zero-order valence-corrected chi connectivity index (χ0v) is 13.5. The molecule has 1 atom stereocenters. The number of ether oxygens (including phenoxy) is 1. The highest BCUT2D eigenvalue weighted by molar-refractivity contribution is 5.83. The molecule has 7 nitrogen and oxygen atoms in total. The molecule has 2 aromatic heterocycles. The Labute approximate surface area is 140 Å². The molecule has 0 saturated carbocycles. The lowest BCUT2D eigenvalue weighted by atomic mass is 10.0. The average Bonchev–Trinajstić information content (AvgIpc) is 3.11. The molecule has 0 spiro atoms. The second-order valence-corrected chi connectivity index (χ2v) is 6.17. The molecule has 1 saturated heterocycles. The van der Waals surface area contributed by atoms with Crippen molar-refractivity contribution in [3.8, 4) is 0 Å². The van der Waals surface area contributed by atoms with Crippen LogP contribution in [0.3, 0.4) is 0 Å². The van der Waals surface area contributed by atoms with Crippen molar-refractivity contribution in [2.75, 3.05) is 32.8 Å². The largest absolute Gasteiger partial charge is 0.379 e. The van der Waals surface area contributed by atoms with Gasteiger partial charge in [-0.15, -0.1) is 0 Å². The number of hydrogen-bond acceptors (Lipinski definition) is 5. The molecule has 1 amide bonds. The van der Waals surface area contributed by atoms with Crippen LogP contribution in [0.2, 0.25) is 0 Å². The van der Waals surface area contributed by atoms with Crippen molar-refractivity contribution in [2.24, 2.45) is 0 Å². The number of imidazole rings is 1. The minimum absolute atomic E-state index is 0.130. The van der Waals surface area contributed by atoms with Gasteiger partial charge in [-0.3, -0.25) is 14.7 Å². The van der Waals surface area contributed by atoms with E-state index in [1.165, 1.54) is 0 Å². The van der Waals surface area contributed by atoms with Crippen molar-refractivity contribution in [1.82, 2.24) is 24.8 Å². The Morgan fingerprint density at radius 1 is 1.29 bits per heavy atom. The molecular formula is C17H21N5O2. The Hall–Kier alpha value is -2.25. The van der Waals surface area contributed by atoms with E-state index in [0.29, 0.717) is 26.3 Å². The van der Waals surface area contributed by atoms with Crippen LogP contribution in [-0.4, -0.2) is 63.5 Å². The third-order valence-electron chi connectivity index (χ3n) is 4.73. The smallest absolute Gasteiger partial charge is 0.244 e. The summed E-state index contributed by atoms with van der Waals surface area (Å²) in [6.07, 6.45) is 6.04. The van der Waals surface area contributed by atoms with Gasteiger partial charge in [0.05, 0.1) is 37.5 Å². The molecule has 0 aliphatic carbocycles. The molecule has 4 heterocycles. The van der Waals surface area contributed by atoms with Crippen LogP contribution in [0.1, 0.15) is 23.0 Å². The molecule has 0 aromatic carbocycles. The van der Waals surface area contributed by atoms with Gasteiger partial charge in [0, 0.05) is 38.4 Å². The number of aromatic amines is 1. The Morgan fingerprint density at radius 2 is 2.17 bits per heavy atom. The Morgan fingerprint density at radius 3 is 2.96 bits per heavy atom. The van der Waals surface area contributed by atoms with Crippen LogP contribution in [-0.2, 0) is 22.5 Å². The number of pyridine rings is 1. The van der Waals surface area contributed by atoms with Gasteiger partial charge in [0.25, 0.3) is 0 Å². The van der Waals surface area contributed by atoms with E-state index >= 15 is 0 Å². The normalized spacial score (nSPS) is 19.8. The number of carbonyl (C=O) groups is 1. The van der Waals surface area contributed by atoms with Gasteiger partial charge in [-0.1, -0.05) is 6.07 Å². The maximum atomic E-state index is 13.3.